The van der Waals surface area contributed by atoms with Crippen LogP contribution in [-0.4, -0.2) is 24.0 Å². The van der Waals surface area contributed by atoms with Gasteiger partial charge in [0.05, 0.1) is 0 Å². The number of rotatable bonds is 3. The molecule has 0 aromatic heterocycles. The molecule has 2 N–H and O–H groups in total. The predicted molar refractivity (Wildman–Crippen MR) is 68.2 cm³/mol. The molecular formula is C14H22N2. The molecule has 2 nitrogen and oxygen atoms in total. The number of nitrogens with two attached hydrogens (primary N) is 1. The van der Waals surface area contributed by atoms with Gasteiger partial charge in [-0.15, -0.1) is 0 Å². The lowest BCUT2D eigenvalue weighted by Crippen LogP contribution is -2.32. The molecule has 1 aliphatic heterocycles. The molecule has 0 bridgehead atoms. The first-order valence-corrected chi connectivity index (χ1v) is 6.23. The summed E-state index contributed by atoms with van der Waals surface area (Å²) in [6.45, 7) is 6.76. The first-order chi connectivity index (χ1) is 7.68. The minimum absolute atomic E-state index is 0.366. The zero-order valence-electron chi connectivity index (χ0n) is 10.3. The van der Waals surface area contributed by atoms with Gasteiger partial charge in [0.1, 0.15) is 0 Å². The highest BCUT2D eigenvalue weighted by molar-refractivity contribution is 5.20. The molecule has 1 unspecified atom stereocenters. The Kier molecular flexibility index (Phi) is 3.62. The number of nitrogens with zero attached hydrogens (tertiary/aromatic N) is 1. The van der Waals surface area contributed by atoms with Gasteiger partial charge in [0.25, 0.3) is 0 Å². The Bertz CT molecular complexity index is 321. The Morgan fingerprint density at radius 1 is 1.25 bits per heavy atom. The van der Waals surface area contributed by atoms with E-state index in [2.05, 4.69) is 49.1 Å². The van der Waals surface area contributed by atoms with Gasteiger partial charge in [-0.25, -0.2) is 0 Å². The van der Waals surface area contributed by atoms with E-state index in [9.17, 15) is 0 Å². The molecular weight excluding hydrogens is 196 g/mol. The molecule has 1 heterocycles. The lowest BCUT2D eigenvalue weighted by atomic mass is 9.95. The number of likely N-dealkylation sites (tertiary alicyclic amines) is 1. The molecule has 2 atom stereocenters. The molecule has 2 rings (SSSR count). The van der Waals surface area contributed by atoms with E-state index in [0.717, 1.165) is 19.5 Å². The van der Waals surface area contributed by atoms with Crippen LogP contribution in [0.5, 0.6) is 0 Å². The van der Waals surface area contributed by atoms with Crippen molar-refractivity contribution in [2.75, 3.05) is 13.1 Å². The summed E-state index contributed by atoms with van der Waals surface area (Å²) in [6.07, 6.45) is 1.13. The zero-order valence-corrected chi connectivity index (χ0v) is 10.3. The second-order valence-electron chi connectivity index (χ2n) is 5.14. The maximum Gasteiger partial charge on any atom is 0.0371 e. The fourth-order valence-corrected chi connectivity index (χ4v) is 2.74. The first kappa shape index (κ1) is 11.6. The van der Waals surface area contributed by atoms with Gasteiger partial charge in [-0.1, -0.05) is 44.2 Å². The summed E-state index contributed by atoms with van der Waals surface area (Å²) in [5, 5.41) is 0. The topological polar surface area (TPSA) is 29.3 Å². The van der Waals surface area contributed by atoms with Crippen LogP contribution in [0.15, 0.2) is 30.3 Å². The van der Waals surface area contributed by atoms with Gasteiger partial charge in [0.15, 0.2) is 0 Å². The molecule has 0 radical (unpaired) electrons. The summed E-state index contributed by atoms with van der Waals surface area (Å²) < 4.78 is 0. The number of hydrogen-bond donors (Lipinski definition) is 1. The van der Waals surface area contributed by atoms with Gasteiger partial charge < -0.3 is 5.73 Å². The Morgan fingerprint density at radius 3 is 2.44 bits per heavy atom. The number of benzene rings is 1. The second kappa shape index (κ2) is 4.98. The third-order valence-electron chi connectivity index (χ3n) is 3.42. The molecule has 2 heteroatoms. The van der Waals surface area contributed by atoms with E-state index in [0.29, 0.717) is 18.0 Å². The zero-order chi connectivity index (χ0) is 11.5. The Balaban J connectivity index is 2.18. The standard InChI is InChI=1S/C14H22N2/c1-11(2)14(12-6-4-3-5-7-12)16-9-8-13(15)10-16/h3-7,11,13-14H,8-10,15H2,1-2H3/t13-,14?/m0/s1. The molecule has 1 saturated heterocycles. The van der Waals surface area contributed by atoms with Crippen LogP contribution in [0.4, 0.5) is 0 Å². The highest BCUT2D eigenvalue weighted by Crippen LogP contribution is 2.30. The van der Waals surface area contributed by atoms with E-state index in [-0.39, 0.29) is 0 Å². The van der Waals surface area contributed by atoms with Crippen molar-refractivity contribution in [1.82, 2.24) is 4.90 Å². The lowest BCUT2D eigenvalue weighted by Gasteiger charge is -2.31. The van der Waals surface area contributed by atoms with Gasteiger partial charge in [-0.05, 0) is 17.9 Å². The van der Waals surface area contributed by atoms with E-state index < -0.39 is 0 Å². The van der Waals surface area contributed by atoms with Crippen molar-refractivity contribution in [2.45, 2.75) is 32.4 Å². The quantitative estimate of drug-likeness (QED) is 0.844. The average Bonchev–Trinajstić information content (AvgIpc) is 2.66. The molecule has 0 aliphatic carbocycles. The van der Waals surface area contributed by atoms with Gasteiger partial charge in [-0.2, -0.15) is 0 Å². The molecule has 88 valence electrons. The summed E-state index contributed by atoms with van der Waals surface area (Å²) in [6, 6.07) is 11.7. The number of hydrogen-bond acceptors (Lipinski definition) is 2. The third kappa shape index (κ3) is 2.45. The van der Waals surface area contributed by atoms with E-state index in [4.69, 9.17) is 5.73 Å². The highest BCUT2D eigenvalue weighted by atomic mass is 15.2. The second-order valence-corrected chi connectivity index (χ2v) is 5.14. The van der Waals surface area contributed by atoms with Crippen LogP contribution >= 0.6 is 0 Å². The Labute approximate surface area is 98.4 Å². The van der Waals surface area contributed by atoms with Crippen molar-refractivity contribution in [1.29, 1.82) is 0 Å². The van der Waals surface area contributed by atoms with Crippen LogP contribution in [0, 0.1) is 5.92 Å². The average molecular weight is 218 g/mol. The van der Waals surface area contributed by atoms with E-state index in [1.54, 1.807) is 0 Å². The van der Waals surface area contributed by atoms with Crippen LogP contribution in [0.2, 0.25) is 0 Å². The summed E-state index contributed by atoms with van der Waals surface area (Å²) in [7, 11) is 0. The minimum Gasteiger partial charge on any atom is -0.326 e. The van der Waals surface area contributed by atoms with Crippen molar-refractivity contribution >= 4 is 0 Å². The van der Waals surface area contributed by atoms with E-state index >= 15 is 0 Å². The van der Waals surface area contributed by atoms with Gasteiger partial charge in [-0.3, -0.25) is 4.90 Å². The molecule has 1 fully saturated rings. The summed E-state index contributed by atoms with van der Waals surface area (Å²) in [5.74, 6) is 0.632. The van der Waals surface area contributed by atoms with Crippen molar-refractivity contribution in [3.8, 4) is 0 Å². The first-order valence-electron chi connectivity index (χ1n) is 6.23. The lowest BCUT2D eigenvalue weighted by molar-refractivity contribution is 0.191. The molecule has 0 amide bonds. The van der Waals surface area contributed by atoms with Crippen molar-refractivity contribution in [2.24, 2.45) is 11.7 Å². The fraction of sp³-hybridized carbons (Fsp3) is 0.571. The fourth-order valence-electron chi connectivity index (χ4n) is 2.74. The molecule has 1 aromatic rings. The van der Waals surface area contributed by atoms with Crippen molar-refractivity contribution in [3.63, 3.8) is 0 Å². The van der Waals surface area contributed by atoms with Crippen LogP contribution in [0.1, 0.15) is 31.9 Å². The molecule has 1 aliphatic rings. The normalized spacial score (nSPS) is 23.9. The SMILES string of the molecule is CC(C)C(c1ccccc1)N1CC[C@H](N)C1. The molecule has 1 aromatic carbocycles. The van der Waals surface area contributed by atoms with Crippen LogP contribution in [0.3, 0.4) is 0 Å². The predicted octanol–water partition coefficient (Wildman–Crippen LogP) is 2.42. The molecule has 0 spiro atoms. The van der Waals surface area contributed by atoms with Crippen molar-refractivity contribution < 1.29 is 0 Å². The Morgan fingerprint density at radius 2 is 1.94 bits per heavy atom. The molecule has 16 heavy (non-hydrogen) atoms. The van der Waals surface area contributed by atoms with Gasteiger partial charge >= 0.3 is 0 Å². The van der Waals surface area contributed by atoms with E-state index in [1.165, 1.54) is 5.56 Å². The summed E-state index contributed by atoms with van der Waals surface area (Å²) >= 11 is 0. The van der Waals surface area contributed by atoms with Crippen LogP contribution < -0.4 is 5.73 Å². The van der Waals surface area contributed by atoms with Crippen molar-refractivity contribution in [3.05, 3.63) is 35.9 Å². The maximum absolute atomic E-state index is 6.00. The van der Waals surface area contributed by atoms with Gasteiger partial charge in [0, 0.05) is 25.2 Å². The largest absolute Gasteiger partial charge is 0.326 e. The van der Waals surface area contributed by atoms with Crippen LogP contribution in [0.25, 0.3) is 0 Å². The monoisotopic (exact) mass is 218 g/mol. The van der Waals surface area contributed by atoms with Gasteiger partial charge in [0.2, 0.25) is 0 Å². The summed E-state index contributed by atoms with van der Waals surface area (Å²) in [4.78, 5) is 2.53. The smallest absolute Gasteiger partial charge is 0.0371 e. The Hall–Kier alpha value is -0.860. The molecule has 0 saturated carbocycles. The third-order valence-corrected chi connectivity index (χ3v) is 3.42. The summed E-state index contributed by atoms with van der Waals surface area (Å²) in [5.41, 5.74) is 7.42. The highest BCUT2D eigenvalue weighted by Gasteiger charge is 2.28. The minimum atomic E-state index is 0.366. The van der Waals surface area contributed by atoms with E-state index in [1.807, 2.05) is 0 Å². The van der Waals surface area contributed by atoms with Crippen LogP contribution in [-0.2, 0) is 0 Å². The maximum atomic E-state index is 6.00.